The summed E-state index contributed by atoms with van der Waals surface area (Å²) in [6.07, 6.45) is 0.338. The van der Waals surface area contributed by atoms with Crippen molar-refractivity contribution in [2.75, 3.05) is 6.61 Å². The molecule has 6 nitrogen and oxygen atoms in total. The summed E-state index contributed by atoms with van der Waals surface area (Å²) in [5.41, 5.74) is 0.968. The molecular weight excluding hydrogens is 381 g/mol. The predicted octanol–water partition coefficient (Wildman–Crippen LogP) is 3.77. The Morgan fingerprint density at radius 1 is 1.23 bits per heavy atom. The number of ketones is 1. The van der Waals surface area contributed by atoms with E-state index in [1.54, 1.807) is 29.7 Å². The Morgan fingerprint density at radius 2 is 1.92 bits per heavy atom. The van der Waals surface area contributed by atoms with Gasteiger partial charge in [-0.05, 0) is 25.5 Å². The van der Waals surface area contributed by atoms with Gasteiger partial charge in [-0.3, -0.25) is 9.59 Å². The number of aromatic nitrogens is 1. The number of carboxylic acids is 1. The fourth-order valence-electron chi connectivity index (χ4n) is 3.14. The first-order chi connectivity index (χ1) is 12.4. The van der Waals surface area contributed by atoms with Crippen LogP contribution in [0.4, 0.5) is 0 Å². The largest absolute Gasteiger partial charge is 0.481 e. The molecule has 0 saturated heterocycles. The number of ether oxygens (including phenoxy) is 1. The van der Waals surface area contributed by atoms with Crippen molar-refractivity contribution in [3.63, 3.8) is 0 Å². The molecule has 2 heterocycles. The van der Waals surface area contributed by atoms with Crippen molar-refractivity contribution in [3.05, 3.63) is 56.8 Å². The van der Waals surface area contributed by atoms with E-state index in [0.717, 1.165) is 0 Å². The molecule has 0 aliphatic carbocycles. The molecule has 8 heteroatoms. The Kier molecular flexibility index (Phi) is 5.07. The maximum Gasteiger partial charge on any atom is 0.338 e. The van der Waals surface area contributed by atoms with Crippen molar-refractivity contribution < 1.29 is 24.2 Å². The quantitative estimate of drug-likeness (QED) is 0.614. The summed E-state index contributed by atoms with van der Waals surface area (Å²) >= 11 is 12.5. The van der Waals surface area contributed by atoms with Crippen LogP contribution in [0.25, 0.3) is 0 Å². The van der Waals surface area contributed by atoms with Gasteiger partial charge >= 0.3 is 11.9 Å². The zero-order valence-corrected chi connectivity index (χ0v) is 15.3. The summed E-state index contributed by atoms with van der Waals surface area (Å²) in [7, 11) is 0. The molecule has 26 heavy (non-hydrogen) atoms. The van der Waals surface area contributed by atoms with Gasteiger partial charge in [0.15, 0.2) is 0 Å². The van der Waals surface area contributed by atoms with E-state index in [4.69, 9.17) is 27.9 Å². The molecule has 2 aromatic rings. The molecule has 0 spiro atoms. The number of benzene rings is 1. The maximum absolute atomic E-state index is 13.0. The number of fused-ring (bicyclic) bond motifs is 1. The Balaban J connectivity index is 2.04. The molecule has 0 saturated carbocycles. The van der Waals surface area contributed by atoms with Gasteiger partial charge in [0.05, 0.1) is 27.9 Å². The van der Waals surface area contributed by atoms with Crippen LogP contribution in [-0.4, -0.2) is 34.0 Å². The van der Waals surface area contributed by atoms with Gasteiger partial charge in [0.25, 0.3) is 0 Å². The number of rotatable bonds is 5. The Labute approximate surface area is 159 Å². The molecule has 136 valence electrons. The lowest BCUT2D eigenvalue weighted by atomic mass is 10.0. The second-order valence-electron chi connectivity index (χ2n) is 5.82. The standard InChI is InChI=1S/C18H15Cl2NO5/c1-2-26-18(25)10-5-3-4-9(8-10)16(22)15-13(20)12(19)14-11(17(23)24)6-7-21(14)15/h3-5,8,11H,2,6-7H2,1H3,(H,23,24). The summed E-state index contributed by atoms with van der Waals surface area (Å²) in [4.78, 5) is 36.3. The second-order valence-corrected chi connectivity index (χ2v) is 6.58. The number of halogens is 2. The fraction of sp³-hybridized carbons (Fsp3) is 0.278. The van der Waals surface area contributed by atoms with E-state index >= 15 is 0 Å². The highest BCUT2D eigenvalue weighted by Crippen LogP contribution is 2.43. The molecule has 1 atom stereocenters. The third-order valence-corrected chi connectivity index (χ3v) is 5.15. The molecule has 1 aliphatic rings. The normalized spacial score (nSPS) is 15.6. The molecule has 0 fully saturated rings. The first-order valence-corrected chi connectivity index (χ1v) is 8.74. The van der Waals surface area contributed by atoms with Crippen molar-refractivity contribution in [1.29, 1.82) is 0 Å². The minimum Gasteiger partial charge on any atom is -0.481 e. The topological polar surface area (TPSA) is 85.6 Å². The summed E-state index contributed by atoms with van der Waals surface area (Å²) in [6, 6.07) is 6.10. The lowest BCUT2D eigenvalue weighted by Gasteiger charge is -2.08. The van der Waals surface area contributed by atoms with Gasteiger partial charge < -0.3 is 14.4 Å². The summed E-state index contributed by atoms with van der Waals surface area (Å²) in [5, 5.41) is 9.45. The van der Waals surface area contributed by atoms with Crippen LogP contribution in [0.3, 0.4) is 0 Å². The van der Waals surface area contributed by atoms with Crippen LogP contribution in [-0.2, 0) is 16.1 Å². The third-order valence-electron chi connectivity index (χ3n) is 4.31. The minimum atomic E-state index is -1.01. The van der Waals surface area contributed by atoms with E-state index < -0.39 is 23.6 Å². The van der Waals surface area contributed by atoms with Crippen molar-refractivity contribution >= 4 is 40.9 Å². The highest BCUT2D eigenvalue weighted by molar-refractivity contribution is 6.45. The fourth-order valence-corrected chi connectivity index (χ4v) is 3.75. The van der Waals surface area contributed by atoms with Crippen molar-refractivity contribution in [3.8, 4) is 0 Å². The minimum absolute atomic E-state index is 0.0270. The third kappa shape index (κ3) is 2.99. The summed E-state index contributed by atoms with van der Waals surface area (Å²) < 4.78 is 6.50. The highest BCUT2D eigenvalue weighted by Gasteiger charge is 2.37. The van der Waals surface area contributed by atoms with Crippen molar-refractivity contribution in [2.24, 2.45) is 0 Å². The molecule has 1 unspecified atom stereocenters. The molecule has 1 aromatic heterocycles. The summed E-state index contributed by atoms with van der Waals surface area (Å²) in [6.45, 7) is 2.25. The van der Waals surface area contributed by atoms with Crippen LogP contribution in [0.2, 0.25) is 10.0 Å². The van der Waals surface area contributed by atoms with Crippen LogP contribution >= 0.6 is 23.2 Å². The summed E-state index contributed by atoms with van der Waals surface area (Å²) in [5.74, 6) is -2.77. The SMILES string of the molecule is CCOC(=O)c1cccc(C(=O)c2c(Cl)c(Cl)c3n2CCC3C(=O)O)c1. The first kappa shape index (κ1) is 18.5. The lowest BCUT2D eigenvalue weighted by Crippen LogP contribution is -2.12. The van der Waals surface area contributed by atoms with E-state index in [0.29, 0.717) is 18.7 Å². The van der Waals surface area contributed by atoms with Gasteiger partial charge in [-0.1, -0.05) is 35.3 Å². The molecular formula is C18H15Cl2NO5. The van der Waals surface area contributed by atoms with Gasteiger partial charge in [0.1, 0.15) is 11.6 Å². The van der Waals surface area contributed by atoms with Gasteiger partial charge in [-0.2, -0.15) is 0 Å². The van der Waals surface area contributed by atoms with E-state index in [9.17, 15) is 19.5 Å². The van der Waals surface area contributed by atoms with Gasteiger partial charge in [0, 0.05) is 12.1 Å². The molecule has 0 amide bonds. The van der Waals surface area contributed by atoms with Crippen LogP contribution < -0.4 is 0 Å². The average molecular weight is 396 g/mol. The molecule has 1 aromatic carbocycles. The Hall–Kier alpha value is -2.31. The zero-order valence-electron chi connectivity index (χ0n) is 13.8. The first-order valence-electron chi connectivity index (χ1n) is 7.98. The second kappa shape index (κ2) is 7.13. The number of esters is 1. The molecule has 0 bridgehead atoms. The molecule has 1 N–H and O–H groups in total. The maximum atomic E-state index is 13.0. The highest BCUT2D eigenvalue weighted by atomic mass is 35.5. The number of hydrogen-bond acceptors (Lipinski definition) is 4. The average Bonchev–Trinajstić information content (AvgIpc) is 3.15. The Bertz CT molecular complexity index is 919. The van der Waals surface area contributed by atoms with E-state index in [1.807, 2.05) is 0 Å². The van der Waals surface area contributed by atoms with Gasteiger partial charge in [0.2, 0.25) is 5.78 Å². The smallest absolute Gasteiger partial charge is 0.338 e. The van der Waals surface area contributed by atoms with E-state index in [-0.39, 0.29) is 33.5 Å². The van der Waals surface area contributed by atoms with Gasteiger partial charge in [-0.15, -0.1) is 0 Å². The van der Waals surface area contributed by atoms with Crippen LogP contribution in [0.5, 0.6) is 0 Å². The monoisotopic (exact) mass is 395 g/mol. The predicted molar refractivity (Wildman–Crippen MR) is 95.3 cm³/mol. The van der Waals surface area contributed by atoms with E-state index in [2.05, 4.69) is 0 Å². The Morgan fingerprint density at radius 3 is 2.58 bits per heavy atom. The molecule has 1 aliphatic heterocycles. The van der Waals surface area contributed by atoms with Crippen molar-refractivity contribution in [1.82, 2.24) is 4.57 Å². The van der Waals surface area contributed by atoms with Crippen LogP contribution in [0.1, 0.15) is 51.4 Å². The van der Waals surface area contributed by atoms with Crippen molar-refractivity contribution in [2.45, 2.75) is 25.8 Å². The number of carbonyl (C=O) groups excluding carboxylic acids is 2. The molecule has 3 rings (SSSR count). The number of nitrogens with zero attached hydrogens (tertiary/aromatic N) is 1. The zero-order chi connectivity index (χ0) is 19.0. The number of hydrogen-bond donors (Lipinski definition) is 1. The van der Waals surface area contributed by atoms with E-state index in [1.165, 1.54) is 6.07 Å². The van der Waals surface area contributed by atoms with Crippen LogP contribution in [0, 0.1) is 0 Å². The molecule has 0 radical (unpaired) electrons. The number of aliphatic carboxylic acids is 1. The number of carbonyl (C=O) groups is 3. The van der Waals surface area contributed by atoms with Crippen LogP contribution in [0.15, 0.2) is 24.3 Å². The van der Waals surface area contributed by atoms with Gasteiger partial charge in [-0.25, -0.2) is 4.79 Å². The lowest BCUT2D eigenvalue weighted by molar-refractivity contribution is -0.138. The number of carboxylic acid groups (broad SMARTS) is 1.